The standard InChI is InChI=1S/C13H15ClN2S/c1-8-4-5-11(14)6-12(8)15-7-13-16-9(2)10(3)17-13/h4-6,15H,7H2,1-3H3. The van der Waals surface area contributed by atoms with Crippen LogP contribution in [0.15, 0.2) is 18.2 Å². The zero-order valence-corrected chi connectivity index (χ0v) is 11.7. The molecule has 0 fully saturated rings. The highest BCUT2D eigenvalue weighted by molar-refractivity contribution is 7.11. The zero-order chi connectivity index (χ0) is 12.4. The van der Waals surface area contributed by atoms with E-state index in [2.05, 4.69) is 24.1 Å². The lowest BCUT2D eigenvalue weighted by molar-refractivity contribution is 1.07. The van der Waals surface area contributed by atoms with Gasteiger partial charge in [0, 0.05) is 15.6 Å². The van der Waals surface area contributed by atoms with Crippen LogP contribution in [0, 0.1) is 20.8 Å². The lowest BCUT2D eigenvalue weighted by Crippen LogP contribution is -2.00. The number of rotatable bonds is 3. The molecule has 17 heavy (non-hydrogen) atoms. The molecule has 1 heterocycles. The first-order valence-electron chi connectivity index (χ1n) is 5.49. The van der Waals surface area contributed by atoms with Crippen LogP contribution >= 0.6 is 22.9 Å². The second-order valence-electron chi connectivity index (χ2n) is 4.06. The topological polar surface area (TPSA) is 24.9 Å². The number of nitrogens with zero attached hydrogens (tertiary/aromatic N) is 1. The number of nitrogens with one attached hydrogen (secondary N) is 1. The van der Waals surface area contributed by atoms with Crippen LogP contribution in [-0.2, 0) is 6.54 Å². The molecule has 0 spiro atoms. The van der Waals surface area contributed by atoms with Crippen molar-refractivity contribution in [1.82, 2.24) is 4.98 Å². The Hall–Kier alpha value is -1.06. The summed E-state index contributed by atoms with van der Waals surface area (Å²) in [6, 6.07) is 5.87. The summed E-state index contributed by atoms with van der Waals surface area (Å²) in [5.41, 5.74) is 3.39. The van der Waals surface area contributed by atoms with E-state index < -0.39 is 0 Å². The van der Waals surface area contributed by atoms with E-state index in [1.54, 1.807) is 11.3 Å². The summed E-state index contributed by atoms with van der Waals surface area (Å²) in [5.74, 6) is 0. The van der Waals surface area contributed by atoms with Gasteiger partial charge in [0.15, 0.2) is 0 Å². The Morgan fingerprint density at radius 2 is 2.06 bits per heavy atom. The molecule has 0 amide bonds. The number of hydrogen-bond acceptors (Lipinski definition) is 3. The first-order valence-corrected chi connectivity index (χ1v) is 6.68. The van der Waals surface area contributed by atoms with Crippen molar-refractivity contribution in [2.75, 3.05) is 5.32 Å². The number of aromatic nitrogens is 1. The minimum Gasteiger partial charge on any atom is -0.378 e. The summed E-state index contributed by atoms with van der Waals surface area (Å²) in [7, 11) is 0. The molecule has 90 valence electrons. The van der Waals surface area contributed by atoms with Crippen LogP contribution in [0.1, 0.15) is 21.1 Å². The van der Waals surface area contributed by atoms with Crippen molar-refractivity contribution in [2.24, 2.45) is 0 Å². The number of halogens is 1. The summed E-state index contributed by atoms with van der Waals surface area (Å²) in [4.78, 5) is 5.78. The molecule has 2 nitrogen and oxygen atoms in total. The van der Waals surface area contributed by atoms with Gasteiger partial charge < -0.3 is 5.32 Å². The molecule has 0 aliphatic rings. The fourth-order valence-electron chi connectivity index (χ4n) is 1.57. The van der Waals surface area contributed by atoms with Gasteiger partial charge in [-0.05, 0) is 38.5 Å². The predicted octanol–water partition coefficient (Wildman–Crippen LogP) is 4.33. The van der Waals surface area contributed by atoms with Gasteiger partial charge in [-0.1, -0.05) is 17.7 Å². The first-order chi connectivity index (χ1) is 8.06. The van der Waals surface area contributed by atoms with Crippen molar-refractivity contribution >= 4 is 28.6 Å². The molecule has 0 saturated carbocycles. The van der Waals surface area contributed by atoms with Crippen LogP contribution in [0.25, 0.3) is 0 Å². The molecule has 0 saturated heterocycles. The quantitative estimate of drug-likeness (QED) is 0.894. The number of thiazole rings is 1. The van der Waals surface area contributed by atoms with Gasteiger partial charge in [0.25, 0.3) is 0 Å². The normalized spacial score (nSPS) is 10.6. The lowest BCUT2D eigenvalue weighted by Gasteiger charge is -2.08. The van der Waals surface area contributed by atoms with E-state index in [1.807, 2.05) is 25.1 Å². The fourth-order valence-corrected chi connectivity index (χ4v) is 2.62. The smallest absolute Gasteiger partial charge is 0.112 e. The number of aryl methyl sites for hydroxylation is 3. The third-order valence-corrected chi connectivity index (χ3v) is 4.01. The van der Waals surface area contributed by atoms with Crippen LogP contribution in [0.2, 0.25) is 5.02 Å². The van der Waals surface area contributed by atoms with E-state index in [4.69, 9.17) is 11.6 Å². The fraction of sp³-hybridized carbons (Fsp3) is 0.308. The average Bonchev–Trinajstić information content (AvgIpc) is 2.60. The summed E-state index contributed by atoms with van der Waals surface area (Å²) in [5, 5.41) is 5.24. The molecule has 2 aromatic rings. The Morgan fingerprint density at radius 3 is 2.71 bits per heavy atom. The molecule has 0 unspecified atom stereocenters. The van der Waals surface area contributed by atoms with Crippen LogP contribution < -0.4 is 5.32 Å². The molecule has 0 aliphatic heterocycles. The molecular weight excluding hydrogens is 252 g/mol. The molecule has 1 N–H and O–H groups in total. The third kappa shape index (κ3) is 2.99. The van der Waals surface area contributed by atoms with Crippen LogP contribution in [0.5, 0.6) is 0 Å². The average molecular weight is 267 g/mol. The predicted molar refractivity (Wildman–Crippen MR) is 75.1 cm³/mol. The second kappa shape index (κ2) is 5.07. The highest BCUT2D eigenvalue weighted by Crippen LogP contribution is 2.22. The molecule has 1 aromatic heterocycles. The summed E-state index contributed by atoms with van der Waals surface area (Å²) in [6.45, 7) is 6.96. The van der Waals surface area contributed by atoms with Gasteiger partial charge in [0.1, 0.15) is 5.01 Å². The maximum absolute atomic E-state index is 5.97. The van der Waals surface area contributed by atoms with Gasteiger partial charge in [-0.15, -0.1) is 11.3 Å². The van der Waals surface area contributed by atoms with Gasteiger partial charge >= 0.3 is 0 Å². The van der Waals surface area contributed by atoms with Crippen molar-refractivity contribution in [2.45, 2.75) is 27.3 Å². The maximum Gasteiger partial charge on any atom is 0.112 e. The second-order valence-corrected chi connectivity index (χ2v) is 5.79. The maximum atomic E-state index is 5.97. The van der Waals surface area contributed by atoms with Gasteiger partial charge in [-0.2, -0.15) is 0 Å². The number of benzene rings is 1. The third-order valence-electron chi connectivity index (χ3n) is 2.70. The Bertz CT molecular complexity index is 515. The van der Waals surface area contributed by atoms with Gasteiger partial charge in [0.2, 0.25) is 0 Å². The Morgan fingerprint density at radius 1 is 1.29 bits per heavy atom. The first kappa shape index (κ1) is 12.4. The van der Waals surface area contributed by atoms with Crippen molar-refractivity contribution in [3.63, 3.8) is 0 Å². The van der Waals surface area contributed by atoms with Gasteiger partial charge in [-0.3, -0.25) is 0 Å². The van der Waals surface area contributed by atoms with Crippen molar-refractivity contribution in [3.8, 4) is 0 Å². The van der Waals surface area contributed by atoms with Gasteiger partial charge in [0.05, 0.1) is 12.2 Å². The Kier molecular flexibility index (Phi) is 3.69. The Labute approximate surface area is 111 Å². The SMILES string of the molecule is Cc1ccc(Cl)cc1NCc1nc(C)c(C)s1. The Balaban J connectivity index is 2.09. The van der Waals surface area contributed by atoms with E-state index in [0.717, 1.165) is 28.0 Å². The number of anilines is 1. The number of hydrogen-bond donors (Lipinski definition) is 1. The van der Waals surface area contributed by atoms with Crippen molar-refractivity contribution < 1.29 is 0 Å². The molecule has 1 aromatic carbocycles. The molecule has 0 atom stereocenters. The molecular formula is C13H15ClN2S. The molecule has 0 aliphatic carbocycles. The monoisotopic (exact) mass is 266 g/mol. The van der Waals surface area contributed by atoms with Crippen LogP contribution in [0.4, 0.5) is 5.69 Å². The van der Waals surface area contributed by atoms with Crippen LogP contribution in [-0.4, -0.2) is 4.98 Å². The van der Waals surface area contributed by atoms with E-state index in [1.165, 1.54) is 10.4 Å². The molecule has 2 rings (SSSR count). The largest absolute Gasteiger partial charge is 0.378 e. The summed E-state index contributed by atoms with van der Waals surface area (Å²) in [6.07, 6.45) is 0. The van der Waals surface area contributed by atoms with E-state index >= 15 is 0 Å². The summed E-state index contributed by atoms with van der Waals surface area (Å²) < 4.78 is 0. The van der Waals surface area contributed by atoms with Gasteiger partial charge in [-0.25, -0.2) is 4.98 Å². The van der Waals surface area contributed by atoms with E-state index in [-0.39, 0.29) is 0 Å². The van der Waals surface area contributed by atoms with Crippen LogP contribution in [0.3, 0.4) is 0 Å². The van der Waals surface area contributed by atoms with Crippen molar-refractivity contribution in [1.29, 1.82) is 0 Å². The lowest BCUT2D eigenvalue weighted by atomic mass is 10.2. The van der Waals surface area contributed by atoms with E-state index in [9.17, 15) is 0 Å². The molecule has 0 radical (unpaired) electrons. The zero-order valence-electron chi connectivity index (χ0n) is 10.2. The molecule has 4 heteroatoms. The van der Waals surface area contributed by atoms with E-state index in [0.29, 0.717) is 0 Å². The van der Waals surface area contributed by atoms with Crippen molar-refractivity contribution in [3.05, 3.63) is 44.4 Å². The minimum atomic E-state index is 0.751. The minimum absolute atomic E-state index is 0.751. The summed E-state index contributed by atoms with van der Waals surface area (Å²) >= 11 is 7.71. The highest BCUT2D eigenvalue weighted by Gasteiger charge is 2.04. The highest BCUT2D eigenvalue weighted by atomic mass is 35.5. The molecule has 0 bridgehead atoms.